The molecular formula is C20H17N3O3S2. The van der Waals surface area contributed by atoms with Crippen LogP contribution in [0.5, 0.6) is 0 Å². The van der Waals surface area contributed by atoms with Crippen molar-refractivity contribution in [3.05, 3.63) is 79.4 Å². The molecule has 0 radical (unpaired) electrons. The highest BCUT2D eigenvalue weighted by Crippen LogP contribution is 2.40. The molecule has 1 aliphatic rings. The van der Waals surface area contributed by atoms with Crippen LogP contribution in [0, 0.1) is 13.8 Å². The second-order valence-electron chi connectivity index (χ2n) is 6.44. The molecule has 6 nitrogen and oxygen atoms in total. The Morgan fingerprint density at radius 2 is 2.11 bits per heavy atom. The van der Waals surface area contributed by atoms with Gasteiger partial charge in [0.15, 0.2) is 5.76 Å². The van der Waals surface area contributed by atoms with E-state index in [1.807, 2.05) is 30.5 Å². The number of ketones is 1. The number of nitrogens with zero attached hydrogens (tertiary/aromatic N) is 3. The van der Waals surface area contributed by atoms with Crippen LogP contribution in [0.2, 0.25) is 0 Å². The van der Waals surface area contributed by atoms with E-state index in [0.717, 1.165) is 9.88 Å². The minimum atomic E-state index is -0.697. The first-order chi connectivity index (χ1) is 13.5. The van der Waals surface area contributed by atoms with E-state index in [4.69, 9.17) is 0 Å². The summed E-state index contributed by atoms with van der Waals surface area (Å²) in [4.78, 5) is 37.6. The predicted molar refractivity (Wildman–Crippen MR) is 107 cm³/mol. The van der Waals surface area contributed by atoms with Gasteiger partial charge in [0.1, 0.15) is 0 Å². The predicted octanol–water partition coefficient (Wildman–Crippen LogP) is 3.99. The number of amides is 1. The molecular weight excluding hydrogens is 394 g/mol. The Bertz CT molecular complexity index is 1070. The first-order valence-corrected chi connectivity index (χ1v) is 10.3. The number of aromatic nitrogens is 2. The van der Waals surface area contributed by atoms with E-state index in [1.54, 1.807) is 25.4 Å². The Kier molecular flexibility index (Phi) is 4.82. The van der Waals surface area contributed by atoms with Crippen LogP contribution in [0.4, 0.5) is 0 Å². The number of aliphatic hydroxyl groups is 1. The molecule has 8 heteroatoms. The van der Waals surface area contributed by atoms with E-state index in [9.17, 15) is 14.7 Å². The second-order valence-corrected chi connectivity index (χ2v) is 8.68. The van der Waals surface area contributed by atoms with Crippen LogP contribution in [-0.2, 0) is 11.3 Å². The molecule has 1 unspecified atom stereocenters. The summed E-state index contributed by atoms with van der Waals surface area (Å²) in [5.41, 5.74) is 1.36. The van der Waals surface area contributed by atoms with Crippen molar-refractivity contribution in [2.45, 2.75) is 26.4 Å². The molecule has 142 valence electrons. The quantitative estimate of drug-likeness (QED) is 0.642. The zero-order valence-corrected chi connectivity index (χ0v) is 16.9. The van der Waals surface area contributed by atoms with Crippen molar-refractivity contribution in [2.24, 2.45) is 0 Å². The standard InChI is InChI=1S/C20H17N3O3S2/c1-11-19(28-12(2)22-11)17(24)15-16(13-5-3-7-21-9-13)23(20(26)18(15)25)10-14-6-4-8-27-14/h3-9,16,25H,10H2,1-2H3. The van der Waals surface area contributed by atoms with Crippen LogP contribution >= 0.6 is 22.7 Å². The Morgan fingerprint density at radius 1 is 1.29 bits per heavy atom. The molecule has 4 rings (SSSR count). The number of rotatable bonds is 5. The fourth-order valence-corrected chi connectivity index (χ4v) is 4.94. The zero-order chi connectivity index (χ0) is 19.8. The lowest BCUT2D eigenvalue weighted by atomic mass is 9.96. The average Bonchev–Trinajstić information content (AvgIpc) is 3.37. The largest absolute Gasteiger partial charge is 0.503 e. The third-order valence-electron chi connectivity index (χ3n) is 4.56. The highest BCUT2D eigenvalue weighted by molar-refractivity contribution is 7.14. The molecule has 1 N–H and O–H groups in total. The van der Waals surface area contributed by atoms with E-state index < -0.39 is 17.7 Å². The number of carbonyl (C=O) groups is 2. The molecule has 1 amide bonds. The topological polar surface area (TPSA) is 83.4 Å². The van der Waals surface area contributed by atoms with Crippen molar-refractivity contribution in [3.8, 4) is 0 Å². The minimum Gasteiger partial charge on any atom is -0.503 e. The third kappa shape index (κ3) is 3.14. The second kappa shape index (κ2) is 7.29. The molecule has 0 spiro atoms. The molecule has 28 heavy (non-hydrogen) atoms. The SMILES string of the molecule is Cc1nc(C)c(C(=O)C2=C(O)C(=O)N(Cc3cccs3)C2c2cccnc2)s1. The fraction of sp³-hybridized carbons (Fsp3) is 0.200. The van der Waals surface area contributed by atoms with Gasteiger partial charge in [0.05, 0.1) is 33.7 Å². The maximum absolute atomic E-state index is 13.3. The maximum atomic E-state index is 13.3. The number of carbonyl (C=O) groups excluding carboxylic acids is 2. The zero-order valence-electron chi connectivity index (χ0n) is 15.2. The monoisotopic (exact) mass is 411 g/mol. The number of aryl methyl sites for hydroxylation is 2. The number of hydrogen-bond donors (Lipinski definition) is 1. The van der Waals surface area contributed by atoms with Gasteiger partial charge in [-0.3, -0.25) is 14.6 Å². The van der Waals surface area contributed by atoms with Crippen LogP contribution in [0.1, 0.15) is 36.9 Å². The Labute approximate surface area is 169 Å². The number of thiophene rings is 1. The summed E-state index contributed by atoms with van der Waals surface area (Å²) in [6.45, 7) is 3.88. The summed E-state index contributed by atoms with van der Waals surface area (Å²) < 4.78 is 0. The van der Waals surface area contributed by atoms with Gasteiger partial charge in [0, 0.05) is 17.3 Å². The molecule has 3 aromatic rings. The van der Waals surface area contributed by atoms with Gasteiger partial charge in [0.25, 0.3) is 5.91 Å². The van der Waals surface area contributed by atoms with E-state index >= 15 is 0 Å². The lowest BCUT2D eigenvalue weighted by Gasteiger charge is -2.26. The van der Waals surface area contributed by atoms with Crippen LogP contribution in [-0.4, -0.2) is 31.7 Å². The molecule has 0 aliphatic carbocycles. The van der Waals surface area contributed by atoms with E-state index in [-0.39, 0.29) is 11.4 Å². The van der Waals surface area contributed by atoms with E-state index in [1.165, 1.54) is 27.6 Å². The van der Waals surface area contributed by atoms with Crippen LogP contribution in [0.25, 0.3) is 0 Å². The lowest BCUT2D eigenvalue weighted by Crippen LogP contribution is -2.30. The highest BCUT2D eigenvalue weighted by Gasteiger charge is 2.44. The molecule has 0 fully saturated rings. The van der Waals surface area contributed by atoms with Crippen molar-refractivity contribution in [3.63, 3.8) is 0 Å². The summed E-state index contributed by atoms with van der Waals surface area (Å²) in [5.74, 6) is -1.41. The van der Waals surface area contributed by atoms with Crippen molar-refractivity contribution >= 4 is 34.4 Å². The summed E-state index contributed by atoms with van der Waals surface area (Å²) in [6.07, 6.45) is 3.25. The number of aliphatic hydroxyl groups excluding tert-OH is 1. The van der Waals surface area contributed by atoms with Gasteiger partial charge >= 0.3 is 0 Å². The Morgan fingerprint density at radius 3 is 2.71 bits per heavy atom. The van der Waals surface area contributed by atoms with Gasteiger partial charge in [-0.1, -0.05) is 12.1 Å². The number of thiazole rings is 1. The highest BCUT2D eigenvalue weighted by atomic mass is 32.1. The van der Waals surface area contributed by atoms with Crippen LogP contribution < -0.4 is 0 Å². The molecule has 1 aliphatic heterocycles. The van der Waals surface area contributed by atoms with Crippen molar-refractivity contribution in [1.29, 1.82) is 0 Å². The fourth-order valence-electron chi connectivity index (χ4n) is 3.37. The first kappa shape index (κ1) is 18.5. The summed E-state index contributed by atoms with van der Waals surface area (Å²) in [6, 6.07) is 6.69. The minimum absolute atomic E-state index is 0.0845. The maximum Gasteiger partial charge on any atom is 0.290 e. The van der Waals surface area contributed by atoms with Crippen molar-refractivity contribution in [1.82, 2.24) is 14.9 Å². The molecule has 0 saturated carbocycles. The number of pyridine rings is 1. The average molecular weight is 412 g/mol. The van der Waals surface area contributed by atoms with Gasteiger partial charge in [-0.25, -0.2) is 4.98 Å². The van der Waals surface area contributed by atoms with Gasteiger partial charge in [-0.2, -0.15) is 0 Å². The summed E-state index contributed by atoms with van der Waals surface area (Å²) in [7, 11) is 0. The summed E-state index contributed by atoms with van der Waals surface area (Å²) >= 11 is 2.79. The van der Waals surface area contributed by atoms with Crippen LogP contribution in [0.15, 0.2) is 53.4 Å². The molecule has 0 bridgehead atoms. The molecule has 0 saturated heterocycles. The summed E-state index contributed by atoms with van der Waals surface area (Å²) in [5, 5.41) is 13.3. The van der Waals surface area contributed by atoms with Crippen molar-refractivity contribution < 1.29 is 14.7 Å². The van der Waals surface area contributed by atoms with E-state index in [2.05, 4.69) is 9.97 Å². The normalized spacial score (nSPS) is 16.9. The molecule has 0 aromatic carbocycles. The van der Waals surface area contributed by atoms with Crippen LogP contribution in [0.3, 0.4) is 0 Å². The number of Topliss-reactive ketones (excluding diaryl/α,β-unsaturated/α-hetero) is 1. The number of hydrogen-bond acceptors (Lipinski definition) is 7. The van der Waals surface area contributed by atoms with Gasteiger partial charge in [-0.15, -0.1) is 22.7 Å². The van der Waals surface area contributed by atoms with Gasteiger partial charge < -0.3 is 10.0 Å². The molecule has 3 aromatic heterocycles. The molecule has 1 atom stereocenters. The smallest absolute Gasteiger partial charge is 0.290 e. The first-order valence-electron chi connectivity index (χ1n) is 8.62. The van der Waals surface area contributed by atoms with Gasteiger partial charge in [-0.05, 0) is 36.9 Å². The van der Waals surface area contributed by atoms with Gasteiger partial charge in [0.2, 0.25) is 5.78 Å². The lowest BCUT2D eigenvalue weighted by molar-refractivity contribution is -0.130. The van der Waals surface area contributed by atoms with E-state index in [0.29, 0.717) is 22.7 Å². The molecule has 4 heterocycles. The Balaban J connectivity index is 1.81. The Hall–Kier alpha value is -2.84. The third-order valence-corrected chi connectivity index (χ3v) is 6.50. The van der Waals surface area contributed by atoms with Crippen molar-refractivity contribution in [2.75, 3.05) is 0 Å².